The second kappa shape index (κ2) is 6.01. The minimum atomic E-state index is -1.24. The van der Waals surface area contributed by atoms with Crippen molar-refractivity contribution in [1.82, 2.24) is 4.00 Å². The summed E-state index contributed by atoms with van der Waals surface area (Å²) in [6.07, 6.45) is 0. The van der Waals surface area contributed by atoms with Crippen LogP contribution in [0.1, 0.15) is 0 Å². The van der Waals surface area contributed by atoms with Crippen LogP contribution in [0.3, 0.4) is 0 Å². The third-order valence-electron chi connectivity index (χ3n) is 2.89. The number of hydrogen-bond acceptors (Lipinski definition) is 1. The summed E-state index contributed by atoms with van der Waals surface area (Å²) in [5.41, 5.74) is 0. The van der Waals surface area contributed by atoms with Crippen LogP contribution in [-0.2, 0) is 0 Å². The quantitative estimate of drug-likeness (QED) is 0.451. The summed E-state index contributed by atoms with van der Waals surface area (Å²) in [4.78, 5) is 0. The third kappa shape index (κ3) is 6.53. The Morgan fingerprint density at radius 3 is 1.00 bits per heavy atom. The van der Waals surface area contributed by atoms with Crippen LogP contribution in [0.25, 0.3) is 0 Å². The molecule has 0 aromatic rings. The minimum absolute atomic E-state index is 1.17. The fourth-order valence-electron chi connectivity index (χ4n) is 2.83. The van der Waals surface area contributed by atoms with Gasteiger partial charge in [-0.1, -0.05) is 83.1 Å². The highest BCUT2D eigenvalue weighted by molar-refractivity contribution is 7.64. The second-order valence-electron chi connectivity index (χ2n) is 9.60. The van der Waals surface area contributed by atoms with Crippen LogP contribution in [0.2, 0.25) is 78.6 Å². The number of hydrogen-bond donors (Lipinski definition) is 0. The summed E-state index contributed by atoms with van der Waals surface area (Å²) in [7, 11) is -3.20. The first-order valence-corrected chi connectivity index (χ1v) is 22.1. The Morgan fingerprint density at radius 1 is 0.579 bits per heavy atom. The normalized spacial score (nSPS) is 15.2. The summed E-state index contributed by atoms with van der Waals surface area (Å²) in [6, 6.07) is 0. The molecular weight excluding hydrogens is 313 g/mol. The van der Waals surface area contributed by atoms with Crippen LogP contribution in [0.15, 0.2) is 0 Å². The fourth-order valence-corrected chi connectivity index (χ4v) is 27.3. The van der Waals surface area contributed by atoms with Crippen molar-refractivity contribution in [3.63, 3.8) is 0 Å². The van der Waals surface area contributed by atoms with Gasteiger partial charge in [0, 0.05) is 0 Å². The molecule has 0 atom stereocenters. The first-order valence-electron chi connectivity index (χ1n) is 7.37. The van der Waals surface area contributed by atoms with E-state index in [9.17, 15) is 0 Å². The van der Waals surface area contributed by atoms with Gasteiger partial charge in [-0.2, -0.15) is 0 Å². The molecule has 0 radical (unpaired) electrons. The van der Waals surface area contributed by atoms with Crippen LogP contribution in [0, 0.1) is 0 Å². The summed E-state index contributed by atoms with van der Waals surface area (Å²) in [6.45, 7) is 30.4. The van der Waals surface area contributed by atoms with E-state index in [1.165, 1.54) is 0 Å². The lowest BCUT2D eigenvalue weighted by Gasteiger charge is -2.43. The number of nitrogens with zero attached hydrogens (tertiary/aromatic N) is 1. The van der Waals surface area contributed by atoms with Gasteiger partial charge in [0.2, 0.25) is 0 Å². The standard InChI is InChI=1S/C13H36NPSi4/c1-16(2,3)13(17(4,5)6)15-14(18(7,8)9)19(10,11)12/h1-12H3. The summed E-state index contributed by atoms with van der Waals surface area (Å²) in [5, 5.41) is 0. The van der Waals surface area contributed by atoms with E-state index < -0.39 is 32.6 Å². The fraction of sp³-hybridized carbons (Fsp3) is 0.923. The van der Waals surface area contributed by atoms with Gasteiger partial charge in [0.05, 0.1) is 16.1 Å². The Bertz CT molecular complexity index is 310. The molecule has 0 bridgehead atoms. The molecule has 0 saturated carbocycles. The van der Waals surface area contributed by atoms with E-state index in [-0.39, 0.29) is 0 Å². The van der Waals surface area contributed by atoms with Gasteiger partial charge in [0.25, 0.3) is 0 Å². The van der Waals surface area contributed by atoms with Gasteiger partial charge in [-0.05, 0) is 8.35 Å². The van der Waals surface area contributed by atoms with Gasteiger partial charge in [0.1, 0.15) is 16.5 Å². The molecule has 0 aromatic carbocycles. The molecule has 0 aliphatic carbocycles. The molecule has 0 aliphatic heterocycles. The van der Waals surface area contributed by atoms with E-state index in [0.717, 1.165) is 0 Å². The lowest BCUT2D eigenvalue weighted by atomic mass is 11.7. The van der Waals surface area contributed by atoms with Gasteiger partial charge in [-0.3, -0.25) is 0 Å². The molecule has 0 unspecified atom stereocenters. The van der Waals surface area contributed by atoms with Gasteiger partial charge >= 0.3 is 0 Å². The van der Waals surface area contributed by atoms with Crippen LogP contribution in [0.5, 0.6) is 0 Å². The molecule has 6 heteroatoms. The summed E-state index contributed by atoms with van der Waals surface area (Å²) in [5.74, 6) is 0. The molecule has 0 heterocycles. The van der Waals surface area contributed by atoms with E-state index in [1.807, 2.05) is 4.54 Å². The monoisotopic (exact) mass is 349 g/mol. The van der Waals surface area contributed by atoms with Gasteiger partial charge in [0.15, 0.2) is 0 Å². The van der Waals surface area contributed by atoms with Crippen LogP contribution in [0.4, 0.5) is 0 Å². The second-order valence-corrected chi connectivity index (χ2v) is 32.8. The van der Waals surface area contributed by atoms with Crippen molar-refractivity contribution >= 4 is 45.5 Å². The van der Waals surface area contributed by atoms with Crippen molar-refractivity contribution in [1.29, 1.82) is 0 Å². The average molecular weight is 350 g/mol. The Kier molecular flexibility index (Phi) is 6.33. The molecule has 1 nitrogen and oxygen atoms in total. The summed E-state index contributed by atoms with van der Waals surface area (Å²) >= 11 is 0. The highest BCUT2D eigenvalue weighted by Gasteiger charge is 2.38. The molecule has 0 spiro atoms. The van der Waals surface area contributed by atoms with E-state index >= 15 is 0 Å². The molecular formula is C13H36NPSi4. The zero-order chi connectivity index (χ0) is 15.9. The molecule has 0 aliphatic rings. The molecule has 0 amide bonds. The predicted octanol–water partition coefficient (Wildman–Crippen LogP) is 5.75. The highest BCUT2D eigenvalue weighted by Crippen LogP contribution is 2.32. The van der Waals surface area contributed by atoms with E-state index in [4.69, 9.17) is 0 Å². The summed E-state index contributed by atoms with van der Waals surface area (Å²) < 4.78 is 4.90. The first-order chi connectivity index (χ1) is 7.97. The van der Waals surface area contributed by atoms with Crippen LogP contribution in [-0.4, -0.2) is 41.2 Å². The maximum absolute atomic E-state index is 2.95. The zero-order valence-corrected chi connectivity index (χ0v) is 20.3. The molecule has 114 valence electrons. The van der Waals surface area contributed by atoms with Gasteiger partial charge in [-0.25, -0.2) is 0 Å². The SMILES string of the molecule is C[Si](C)(C)C(=PN([Si](C)(C)C)[Si](C)(C)C)[Si](C)(C)C. The molecule has 0 saturated heterocycles. The first kappa shape index (κ1) is 20.0. The van der Waals surface area contributed by atoms with E-state index in [1.54, 1.807) is 8.35 Å². The topological polar surface area (TPSA) is 3.24 Å². The lowest BCUT2D eigenvalue weighted by molar-refractivity contribution is 0.999. The molecule has 0 N–H and O–H groups in total. The van der Waals surface area contributed by atoms with E-state index in [0.29, 0.717) is 0 Å². The van der Waals surface area contributed by atoms with Crippen molar-refractivity contribution < 1.29 is 0 Å². The van der Waals surface area contributed by atoms with Crippen molar-refractivity contribution in [3.05, 3.63) is 0 Å². The van der Waals surface area contributed by atoms with Crippen LogP contribution < -0.4 is 0 Å². The minimum Gasteiger partial charge on any atom is -0.300 e. The van der Waals surface area contributed by atoms with Gasteiger partial charge in [-0.15, -0.1) is 0 Å². The Hall–Kier alpha value is 0.998. The molecule has 19 heavy (non-hydrogen) atoms. The van der Waals surface area contributed by atoms with E-state index in [2.05, 4.69) is 82.6 Å². The zero-order valence-electron chi connectivity index (χ0n) is 15.4. The van der Waals surface area contributed by atoms with Crippen molar-refractivity contribution in [2.45, 2.75) is 78.6 Å². The van der Waals surface area contributed by atoms with Crippen LogP contribution >= 0.6 is 8.35 Å². The van der Waals surface area contributed by atoms with Crippen molar-refractivity contribution in [2.75, 3.05) is 0 Å². The maximum atomic E-state index is 2.95. The largest absolute Gasteiger partial charge is 0.300 e. The number of rotatable bonds is 5. The van der Waals surface area contributed by atoms with Gasteiger partial charge < -0.3 is 4.00 Å². The third-order valence-corrected chi connectivity index (χ3v) is 26.0. The Balaban J connectivity index is 5.91. The smallest absolute Gasteiger partial charge is 0.120 e. The highest BCUT2D eigenvalue weighted by atomic mass is 31.1. The molecule has 0 fully saturated rings. The predicted molar refractivity (Wildman–Crippen MR) is 107 cm³/mol. The maximum Gasteiger partial charge on any atom is 0.120 e. The molecule has 0 aromatic heterocycles. The Morgan fingerprint density at radius 2 is 0.842 bits per heavy atom. The lowest BCUT2D eigenvalue weighted by Crippen LogP contribution is -2.56. The molecule has 0 rings (SSSR count). The van der Waals surface area contributed by atoms with Crippen molar-refractivity contribution in [2.24, 2.45) is 0 Å². The average Bonchev–Trinajstić information content (AvgIpc) is 1.91. The Labute approximate surface area is 128 Å². The van der Waals surface area contributed by atoms with Crippen molar-refractivity contribution in [3.8, 4) is 0 Å².